The van der Waals surface area contributed by atoms with E-state index >= 15 is 0 Å². The normalized spacial score (nSPS) is 13.8. The largest absolute Gasteiger partial charge is 0.480 e. The van der Waals surface area contributed by atoms with Crippen molar-refractivity contribution >= 4 is 24.5 Å². The van der Waals surface area contributed by atoms with Crippen molar-refractivity contribution in [3.8, 4) is 11.5 Å². The van der Waals surface area contributed by atoms with E-state index in [1.807, 2.05) is 12.1 Å². The van der Waals surface area contributed by atoms with Gasteiger partial charge in [-0.3, -0.25) is 9.59 Å². The number of carboxylic acids is 1. The van der Waals surface area contributed by atoms with E-state index in [1.165, 1.54) is 0 Å². The highest BCUT2D eigenvalue weighted by Gasteiger charge is 2.23. The van der Waals surface area contributed by atoms with Crippen molar-refractivity contribution in [2.24, 2.45) is 5.92 Å². The summed E-state index contributed by atoms with van der Waals surface area (Å²) in [6, 6.07) is 5.48. The van der Waals surface area contributed by atoms with Crippen molar-refractivity contribution in [2.45, 2.75) is 6.42 Å². The van der Waals surface area contributed by atoms with Crippen molar-refractivity contribution in [1.82, 2.24) is 5.32 Å². The molecule has 1 aromatic rings. The number of carbonyl (C=O) groups excluding carboxylic acids is 1. The van der Waals surface area contributed by atoms with E-state index < -0.39 is 18.4 Å². The predicted molar refractivity (Wildman–Crippen MR) is 74.3 cm³/mol. The number of nitrogens with one attached hydrogen (secondary N) is 1. The number of benzene rings is 1. The summed E-state index contributed by atoms with van der Waals surface area (Å²) >= 11 is 4.15. The van der Waals surface area contributed by atoms with Gasteiger partial charge in [0.05, 0.1) is 5.92 Å². The van der Waals surface area contributed by atoms with E-state index in [1.54, 1.807) is 6.07 Å². The van der Waals surface area contributed by atoms with Crippen LogP contribution < -0.4 is 14.8 Å². The predicted octanol–water partition coefficient (Wildman–Crippen LogP) is 0.705. The number of thiol groups is 1. The standard InChI is InChI=1S/C13H15NO5S/c15-11(16)5-14-13(17)9(6-20)4-8-2-1-3-10-12(8)19-7-18-10/h1-3,9,20H,4-7H2,(H,14,17)(H,15,16). The highest BCUT2D eigenvalue weighted by atomic mass is 32.1. The fourth-order valence-corrected chi connectivity index (χ4v) is 2.26. The van der Waals surface area contributed by atoms with Gasteiger partial charge in [0.25, 0.3) is 0 Å². The Labute approximate surface area is 121 Å². The molecule has 2 rings (SSSR count). The van der Waals surface area contributed by atoms with E-state index in [0.29, 0.717) is 23.7 Å². The van der Waals surface area contributed by atoms with Crippen molar-refractivity contribution in [3.63, 3.8) is 0 Å². The second-order valence-electron chi connectivity index (χ2n) is 4.35. The quantitative estimate of drug-likeness (QED) is 0.673. The Hall–Kier alpha value is -1.89. The van der Waals surface area contributed by atoms with Gasteiger partial charge in [0.2, 0.25) is 12.7 Å². The first kappa shape index (κ1) is 14.5. The summed E-state index contributed by atoms with van der Waals surface area (Å²) in [6.45, 7) is -0.223. The topological polar surface area (TPSA) is 84.9 Å². The molecule has 0 bridgehead atoms. The second-order valence-corrected chi connectivity index (χ2v) is 4.71. The summed E-state index contributed by atoms with van der Waals surface area (Å²) in [5, 5.41) is 10.9. The number of para-hydroxylation sites is 1. The first-order chi connectivity index (χ1) is 9.61. The Morgan fingerprint density at radius 2 is 2.20 bits per heavy atom. The zero-order valence-corrected chi connectivity index (χ0v) is 11.6. The SMILES string of the molecule is O=C(O)CNC(=O)C(CS)Cc1cccc2c1OCO2. The van der Waals surface area contributed by atoms with Crippen LogP contribution >= 0.6 is 12.6 Å². The third-order valence-electron chi connectivity index (χ3n) is 2.95. The van der Waals surface area contributed by atoms with Crippen LogP contribution in [-0.4, -0.2) is 36.1 Å². The highest BCUT2D eigenvalue weighted by Crippen LogP contribution is 2.36. The van der Waals surface area contributed by atoms with Crippen LogP contribution in [0, 0.1) is 5.92 Å². The van der Waals surface area contributed by atoms with Crippen LogP contribution in [0.25, 0.3) is 0 Å². The summed E-state index contributed by atoms with van der Waals surface area (Å²) in [5.41, 5.74) is 0.851. The number of fused-ring (bicyclic) bond motifs is 1. The van der Waals surface area contributed by atoms with Crippen molar-refractivity contribution in [3.05, 3.63) is 23.8 Å². The average Bonchev–Trinajstić information content (AvgIpc) is 2.91. The highest BCUT2D eigenvalue weighted by molar-refractivity contribution is 7.80. The third kappa shape index (κ3) is 3.36. The van der Waals surface area contributed by atoms with Crippen LogP contribution in [0.4, 0.5) is 0 Å². The van der Waals surface area contributed by atoms with Gasteiger partial charge in [-0.2, -0.15) is 12.6 Å². The van der Waals surface area contributed by atoms with Crippen molar-refractivity contribution in [1.29, 1.82) is 0 Å². The molecular formula is C13H15NO5S. The number of carbonyl (C=O) groups is 2. The van der Waals surface area contributed by atoms with Crippen LogP contribution in [-0.2, 0) is 16.0 Å². The number of hydrogen-bond acceptors (Lipinski definition) is 5. The molecule has 108 valence electrons. The lowest BCUT2D eigenvalue weighted by Gasteiger charge is -2.15. The van der Waals surface area contributed by atoms with Crippen LogP contribution in [0.2, 0.25) is 0 Å². The summed E-state index contributed by atoms with van der Waals surface area (Å²) in [7, 11) is 0. The van der Waals surface area contributed by atoms with Gasteiger partial charge in [-0.25, -0.2) is 0 Å². The van der Waals surface area contributed by atoms with Gasteiger partial charge in [0, 0.05) is 5.75 Å². The lowest BCUT2D eigenvalue weighted by molar-refractivity contribution is -0.138. The van der Waals surface area contributed by atoms with Crippen molar-refractivity contribution < 1.29 is 24.2 Å². The maximum Gasteiger partial charge on any atom is 0.322 e. The molecule has 1 heterocycles. The molecule has 0 saturated carbocycles. The Morgan fingerprint density at radius 3 is 2.90 bits per heavy atom. The number of ether oxygens (including phenoxy) is 2. The molecule has 0 radical (unpaired) electrons. The Morgan fingerprint density at radius 1 is 1.40 bits per heavy atom. The minimum atomic E-state index is -1.08. The molecule has 0 aliphatic carbocycles. The minimum absolute atomic E-state index is 0.170. The fourth-order valence-electron chi connectivity index (χ4n) is 1.96. The van der Waals surface area contributed by atoms with Crippen LogP contribution in [0.1, 0.15) is 5.56 Å². The van der Waals surface area contributed by atoms with E-state index in [9.17, 15) is 9.59 Å². The average molecular weight is 297 g/mol. The fraction of sp³-hybridized carbons (Fsp3) is 0.385. The number of hydrogen-bond donors (Lipinski definition) is 3. The molecule has 1 atom stereocenters. The smallest absolute Gasteiger partial charge is 0.322 e. The zero-order chi connectivity index (χ0) is 14.5. The molecule has 2 N–H and O–H groups in total. The van der Waals surface area contributed by atoms with Crippen LogP contribution in [0.15, 0.2) is 18.2 Å². The lowest BCUT2D eigenvalue weighted by atomic mass is 9.99. The number of aliphatic carboxylic acids is 1. The van der Waals surface area contributed by atoms with Crippen LogP contribution in [0.3, 0.4) is 0 Å². The van der Waals surface area contributed by atoms with Gasteiger partial charge in [-0.1, -0.05) is 12.1 Å². The molecule has 1 aliphatic rings. The molecule has 0 fully saturated rings. The van der Waals surface area contributed by atoms with E-state index in [-0.39, 0.29) is 12.7 Å². The molecule has 20 heavy (non-hydrogen) atoms. The van der Waals surface area contributed by atoms with Crippen molar-refractivity contribution in [2.75, 3.05) is 19.1 Å². The molecule has 7 heteroatoms. The summed E-state index contributed by atoms with van der Waals surface area (Å²) in [4.78, 5) is 22.3. The molecule has 0 saturated heterocycles. The Bertz CT molecular complexity index is 519. The zero-order valence-electron chi connectivity index (χ0n) is 10.7. The number of amides is 1. The molecule has 0 spiro atoms. The Kier molecular flexibility index (Phi) is 4.73. The van der Waals surface area contributed by atoms with Gasteiger partial charge in [-0.15, -0.1) is 0 Å². The minimum Gasteiger partial charge on any atom is -0.480 e. The maximum atomic E-state index is 11.9. The molecular weight excluding hydrogens is 282 g/mol. The molecule has 1 aliphatic heterocycles. The number of rotatable bonds is 6. The first-order valence-corrected chi connectivity index (χ1v) is 6.73. The van der Waals surface area contributed by atoms with Gasteiger partial charge >= 0.3 is 5.97 Å². The summed E-state index contributed by atoms with van der Waals surface area (Å²) in [5.74, 6) is -0.215. The summed E-state index contributed by atoms with van der Waals surface area (Å²) < 4.78 is 10.7. The van der Waals surface area contributed by atoms with Gasteiger partial charge in [0.1, 0.15) is 6.54 Å². The number of carboxylic acid groups (broad SMARTS) is 1. The van der Waals surface area contributed by atoms with Gasteiger partial charge in [0.15, 0.2) is 11.5 Å². The first-order valence-electron chi connectivity index (χ1n) is 6.09. The molecule has 6 nitrogen and oxygen atoms in total. The second kappa shape index (κ2) is 6.51. The van der Waals surface area contributed by atoms with Gasteiger partial charge in [-0.05, 0) is 18.1 Å². The van der Waals surface area contributed by atoms with Gasteiger partial charge < -0.3 is 19.9 Å². The summed E-state index contributed by atoms with van der Waals surface area (Å²) in [6.07, 6.45) is 0.418. The Balaban J connectivity index is 2.05. The van der Waals surface area contributed by atoms with E-state index in [2.05, 4.69) is 17.9 Å². The van der Waals surface area contributed by atoms with E-state index in [0.717, 1.165) is 5.56 Å². The molecule has 0 aromatic heterocycles. The monoisotopic (exact) mass is 297 g/mol. The maximum absolute atomic E-state index is 11.9. The third-order valence-corrected chi connectivity index (χ3v) is 3.39. The molecule has 1 amide bonds. The van der Waals surface area contributed by atoms with Crippen LogP contribution in [0.5, 0.6) is 11.5 Å². The lowest BCUT2D eigenvalue weighted by Crippen LogP contribution is -2.36. The molecule has 1 aromatic carbocycles. The van der Waals surface area contributed by atoms with E-state index in [4.69, 9.17) is 14.6 Å². The molecule has 1 unspecified atom stereocenters.